The second kappa shape index (κ2) is 8.71. The Bertz CT molecular complexity index is 679. The second-order valence-electron chi connectivity index (χ2n) is 5.43. The van der Waals surface area contributed by atoms with Gasteiger partial charge in [0, 0.05) is 25.7 Å². The predicted octanol–water partition coefficient (Wildman–Crippen LogP) is 1.02. The largest absolute Gasteiger partial charge is 0.497 e. The lowest BCUT2D eigenvalue weighted by Crippen LogP contribution is -2.36. The van der Waals surface area contributed by atoms with Crippen LogP contribution in [0, 0.1) is 6.92 Å². The fourth-order valence-corrected chi connectivity index (χ4v) is 2.08. The molecule has 0 atom stereocenters. The van der Waals surface area contributed by atoms with E-state index in [0.29, 0.717) is 13.1 Å². The zero-order chi connectivity index (χ0) is 17.4. The van der Waals surface area contributed by atoms with E-state index in [1.807, 2.05) is 37.4 Å². The number of rotatable bonds is 8. The number of nitrogens with zero attached hydrogens (tertiary/aromatic N) is 2. The number of carbonyl (C=O) groups excluding carboxylic acids is 2. The lowest BCUT2D eigenvalue weighted by molar-refractivity contribution is -0.126. The van der Waals surface area contributed by atoms with Crippen LogP contribution in [0.1, 0.15) is 17.5 Å². The summed E-state index contributed by atoms with van der Waals surface area (Å²) in [5.41, 5.74) is 2.01. The van der Waals surface area contributed by atoms with E-state index in [1.165, 1.54) is 0 Å². The van der Waals surface area contributed by atoms with Gasteiger partial charge >= 0.3 is 0 Å². The molecule has 0 saturated heterocycles. The number of nitrogens with one attached hydrogen (secondary N) is 2. The van der Waals surface area contributed by atoms with Gasteiger partial charge in [-0.2, -0.15) is 5.10 Å². The Balaban J connectivity index is 1.63. The number of benzene rings is 1. The highest BCUT2D eigenvalue weighted by Gasteiger charge is 2.06. The molecule has 0 aliphatic carbocycles. The first-order valence-corrected chi connectivity index (χ1v) is 7.72. The minimum absolute atomic E-state index is 0.0346. The van der Waals surface area contributed by atoms with E-state index in [1.54, 1.807) is 18.0 Å². The molecule has 0 fully saturated rings. The molecule has 0 aliphatic heterocycles. The highest BCUT2D eigenvalue weighted by atomic mass is 16.5. The Labute approximate surface area is 141 Å². The molecule has 0 radical (unpaired) electrons. The van der Waals surface area contributed by atoms with Crippen LogP contribution < -0.4 is 15.4 Å². The van der Waals surface area contributed by atoms with E-state index in [9.17, 15) is 9.59 Å². The molecule has 7 nitrogen and oxygen atoms in total. The van der Waals surface area contributed by atoms with Crippen molar-refractivity contribution >= 4 is 11.8 Å². The van der Waals surface area contributed by atoms with Gasteiger partial charge in [0.05, 0.1) is 19.9 Å². The third-order valence-corrected chi connectivity index (χ3v) is 3.43. The van der Waals surface area contributed by atoms with Crippen LogP contribution in [0.5, 0.6) is 5.75 Å². The Hall–Kier alpha value is -2.83. The smallest absolute Gasteiger partial charge is 0.239 e. The summed E-state index contributed by atoms with van der Waals surface area (Å²) in [5, 5.41) is 9.47. The molecule has 0 bridgehead atoms. The molecule has 0 unspecified atom stereocenters. The van der Waals surface area contributed by atoms with Gasteiger partial charge in [-0.25, -0.2) is 0 Å². The maximum absolute atomic E-state index is 11.8. The summed E-state index contributed by atoms with van der Waals surface area (Å²) < 4.78 is 6.78. The first-order valence-electron chi connectivity index (χ1n) is 7.72. The van der Waals surface area contributed by atoms with Gasteiger partial charge in [0.1, 0.15) is 5.75 Å². The first-order chi connectivity index (χ1) is 11.6. The van der Waals surface area contributed by atoms with Crippen molar-refractivity contribution in [3.05, 3.63) is 47.8 Å². The number of carbonyl (C=O) groups is 2. The van der Waals surface area contributed by atoms with E-state index >= 15 is 0 Å². The topological polar surface area (TPSA) is 85.3 Å². The molecule has 2 N–H and O–H groups in total. The fourth-order valence-electron chi connectivity index (χ4n) is 2.08. The van der Waals surface area contributed by atoms with Gasteiger partial charge in [-0.1, -0.05) is 12.1 Å². The summed E-state index contributed by atoms with van der Waals surface area (Å²) in [6.45, 7) is 2.81. The molecule has 2 amide bonds. The average Bonchev–Trinajstić information content (AvgIpc) is 3.02. The van der Waals surface area contributed by atoms with Gasteiger partial charge in [-0.05, 0) is 30.2 Å². The summed E-state index contributed by atoms with van der Waals surface area (Å²) in [7, 11) is 1.60. The van der Waals surface area contributed by atoms with Gasteiger partial charge in [0.25, 0.3) is 0 Å². The van der Waals surface area contributed by atoms with E-state index in [-0.39, 0.29) is 24.8 Å². The Morgan fingerprint density at radius 1 is 1.17 bits per heavy atom. The van der Waals surface area contributed by atoms with Gasteiger partial charge in [-0.3, -0.25) is 14.3 Å². The minimum Gasteiger partial charge on any atom is -0.497 e. The second-order valence-corrected chi connectivity index (χ2v) is 5.43. The van der Waals surface area contributed by atoms with Crippen LogP contribution >= 0.6 is 0 Å². The molecule has 2 aromatic rings. The average molecular weight is 330 g/mol. The van der Waals surface area contributed by atoms with Crippen LogP contribution in [0.4, 0.5) is 0 Å². The van der Waals surface area contributed by atoms with E-state index in [0.717, 1.165) is 16.9 Å². The minimum atomic E-state index is -0.228. The predicted molar refractivity (Wildman–Crippen MR) is 89.4 cm³/mol. The SMILES string of the molecule is COc1ccc(CNC(=O)CNC(=O)CCn2cc(C)cn2)cc1. The standard InChI is InChI=1S/C17H22N4O3/c1-13-9-20-21(12-13)8-7-16(22)19-11-17(23)18-10-14-3-5-15(24-2)6-4-14/h3-6,9,12H,7-8,10-11H2,1-2H3,(H,18,23)(H,19,22). The van der Waals surface area contributed by atoms with Gasteiger partial charge < -0.3 is 15.4 Å². The normalized spacial score (nSPS) is 10.2. The number of aromatic nitrogens is 2. The summed E-state index contributed by atoms with van der Waals surface area (Å²) in [4.78, 5) is 23.5. The molecule has 0 aliphatic rings. The molecule has 0 saturated carbocycles. The van der Waals surface area contributed by atoms with Crippen molar-refractivity contribution in [2.45, 2.75) is 26.4 Å². The fraction of sp³-hybridized carbons (Fsp3) is 0.353. The number of ether oxygens (including phenoxy) is 1. The highest BCUT2D eigenvalue weighted by Crippen LogP contribution is 2.10. The van der Waals surface area contributed by atoms with Crippen LogP contribution in [0.3, 0.4) is 0 Å². The van der Waals surface area contributed by atoms with Crippen molar-refractivity contribution in [1.29, 1.82) is 0 Å². The summed E-state index contributed by atoms with van der Waals surface area (Å²) in [6, 6.07) is 7.42. The summed E-state index contributed by atoms with van der Waals surface area (Å²) in [5.74, 6) is 0.363. The van der Waals surface area contributed by atoms with Crippen molar-refractivity contribution < 1.29 is 14.3 Å². The third-order valence-electron chi connectivity index (χ3n) is 3.43. The monoisotopic (exact) mass is 330 g/mol. The quantitative estimate of drug-likeness (QED) is 0.757. The molecule has 1 heterocycles. The lowest BCUT2D eigenvalue weighted by atomic mass is 10.2. The molecule has 7 heteroatoms. The Morgan fingerprint density at radius 3 is 2.54 bits per heavy atom. The maximum atomic E-state index is 11.8. The number of hydrogen-bond acceptors (Lipinski definition) is 4. The van der Waals surface area contributed by atoms with Gasteiger partial charge in [-0.15, -0.1) is 0 Å². The van der Waals surface area contributed by atoms with Crippen molar-refractivity contribution in [2.24, 2.45) is 0 Å². The van der Waals surface area contributed by atoms with E-state index in [4.69, 9.17) is 4.74 Å². The lowest BCUT2D eigenvalue weighted by Gasteiger charge is -2.08. The van der Waals surface area contributed by atoms with Gasteiger partial charge in [0.15, 0.2) is 0 Å². The summed E-state index contributed by atoms with van der Waals surface area (Å²) >= 11 is 0. The van der Waals surface area contributed by atoms with Crippen molar-refractivity contribution in [3.63, 3.8) is 0 Å². The van der Waals surface area contributed by atoms with Crippen LogP contribution in [0.2, 0.25) is 0 Å². The third kappa shape index (κ3) is 5.75. The van der Waals surface area contributed by atoms with E-state index in [2.05, 4.69) is 15.7 Å². The summed E-state index contributed by atoms with van der Waals surface area (Å²) in [6.07, 6.45) is 3.90. The molecule has 24 heavy (non-hydrogen) atoms. The van der Waals surface area contributed by atoms with Crippen LogP contribution in [0.25, 0.3) is 0 Å². The Kier molecular flexibility index (Phi) is 6.36. The van der Waals surface area contributed by atoms with Gasteiger partial charge in [0.2, 0.25) is 11.8 Å². The molecule has 0 spiro atoms. The number of aryl methyl sites for hydroxylation is 2. The molecule has 128 valence electrons. The number of methoxy groups -OCH3 is 1. The molecular formula is C17H22N4O3. The molecular weight excluding hydrogens is 308 g/mol. The number of hydrogen-bond donors (Lipinski definition) is 2. The van der Waals surface area contributed by atoms with Crippen molar-refractivity contribution in [1.82, 2.24) is 20.4 Å². The highest BCUT2D eigenvalue weighted by molar-refractivity contribution is 5.84. The molecule has 2 rings (SSSR count). The first kappa shape index (κ1) is 17.5. The molecule has 1 aromatic heterocycles. The van der Waals surface area contributed by atoms with Crippen molar-refractivity contribution in [2.75, 3.05) is 13.7 Å². The van der Waals surface area contributed by atoms with Crippen LogP contribution in [-0.4, -0.2) is 35.2 Å². The maximum Gasteiger partial charge on any atom is 0.239 e. The van der Waals surface area contributed by atoms with Crippen LogP contribution in [0.15, 0.2) is 36.7 Å². The van der Waals surface area contributed by atoms with Crippen molar-refractivity contribution in [3.8, 4) is 5.75 Å². The molecule has 1 aromatic carbocycles. The zero-order valence-corrected chi connectivity index (χ0v) is 13.9. The van der Waals surface area contributed by atoms with Crippen LogP contribution in [-0.2, 0) is 22.7 Å². The number of amides is 2. The Morgan fingerprint density at radius 2 is 1.92 bits per heavy atom. The van der Waals surface area contributed by atoms with E-state index < -0.39 is 0 Å². The zero-order valence-electron chi connectivity index (χ0n) is 13.9.